The third-order valence-electron chi connectivity index (χ3n) is 15.3. The Morgan fingerprint density at radius 3 is 1.18 bits per heavy atom. The number of nitrogens with one attached hydrogen (secondary N) is 2. The van der Waals surface area contributed by atoms with Gasteiger partial charge in [-0.2, -0.15) is 0 Å². The lowest BCUT2D eigenvalue weighted by Gasteiger charge is -2.23. The molecule has 0 aliphatic heterocycles. The Morgan fingerprint density at radius 1 is 0.483 bits per heavy atom. The van der Waals surface area contributed by atoms with Gasteiger partial charge in [0.15, 0.2) is 23.1 Å². The molecule has 0 radical (unpaired) electrons. The lowest BCUT2D eigenvalue weighted by molar-refractivity contribution is -0.144. The van der Waals surface area contributed by atoms with E-state index in [0.29, 0.717) is 50.3 Å². The normalized spacial score (nSPS) is 11.6. The van der Waals surface area contributed by atoms with E-state index in [1.807, 2.05) is 60.7 Å². The number of aryl methyl sites for hydroxylation is 2. The minimum absolute atomic E-state index is 0. The summed E-state index contributed by atoms with van der Waals surface area (Å²) in [4.78, 5) is 80.1. The van der Waals surface area contributed by atoms with Crippen LogP contribution in [0.25, 0.3) is 22.3 Å². The van der Waals surface area contributed by atoms with Crippen LogP contribution >= 0.6 is 12.4 Å². The van der Waals surface area contributed by atoms with Crippen LogP contribution in [-0.4, -0.2) is 70.7 Å². The van der Waals surface area contributed by atoms with Crippen LogP contribution in [0.3, 0.4) is 0 Å². The van der Waals surface area contributed by atoms with Gasteiger partial charge in [0.05, 0.1) is 76.8 Å². The molecule has 0 saturated heterocycles. The van der Waals surface area contributed by atoms with Gasteiger partial charge in [-0.1, -0.05) is 109 Å². The van der Waals surface area contributed by atoms with Crippen molar-refractivity contribution in [2.75, 3.05) is 40.5 Å². The second-order valence-corrected chi connectivity index (χ2v) is 20.9. The molecule has 0 fully saturated rings. The number of nitrogens with zero attached hydrogens (tertiary/aromatic N) is 4. The lowest BCUT2D eigenvalue weighted by atomic mass is 10.0. The number of rotatable bonds is 26. The Morgan fingerprint density at radius 2 is 0.843 bits per heavy atom. The Bertz CT molecular complexity index is 3690. The number of halogens is 5. The fraction of sp³-hybridized carbons (Fsp3) is 0.324. The van der Waals surface area contributed by atoms with E-state index in [0.717, 1.165) is 20.3 Å². The van der Waals surface area contributed by atoms with Gasteiger partial charge in [-0.15, -0.1) is 12.4 Å². The van der Waals surface area contributed by atoms with E-state index in [2.05, 4.69) is 10.6 Å². The van der Waals surface area contributed by atoms with Crippen molar-refractivity contribution in [1.29, 1.82) is 0 Å². The minimum Gasteiger partial charge on any atom is -0.494 e. The first-order chi connectivity index (χ1) is 42.3. The summed E-state index contributed by atoms with van der Waals surface area (Å²) in [6.45, 7) is 10.9. The summed E-state index contributed by atoms with van der Waals surface area (Å²) in [6.07, 6.45) is 1.37. The molecule has 0 saturated carbocycles. The number of carbonyl (C=O) groups excluding carboxylic acids is 2. The van der Waals surface area contributed by atoms with Gasteiger partial charge in [0.1, 0.15) is 11.6 Å². The summed E-state index contributed by atoms with van der Waals surface area (Å²) in [5.41, 5.74) is 1.07. The Kier molecular flexibility index (Phi) is 25.6. The molecule has 2 aromatic heterocycles. The fourth-order valence-electron chi connectivity index (χ4n) is 10.5. The zero-order chi connectivity index (χ0) is 63.6. The molecule has 0 aliphatic carbocycles. The molecule has 21 heteroatoms. The van der Waals surface area contributed by atoms with Crippen molar-refractivity contribution < 1.29 is 46.1 Å². The second kappa shape index (κ2) is 32.9. The Balaban J connectivity index is 0.000000281. The molecule has 2 heterocycles. The SMILES string of the molecule is CCOC(=O)CCCN[C@@H](Cn1c(=O)c(-c2cccc(OC)c2F)c(C)n(Cc2c(C)cccc2F)c1=O)c1ccccc1.CCOC(=O)CCCN[C@@H](Cn1c(=O)c(-c2cccc(OC)c2F)c(C)n(Cc2c(C)cccc2F)c1=O)c1ccccc1.Cl. The standard InChI is InChI=1S/2C34H37F2N3O5.ClH/c2*1-5-44-30(40)18-11-19-37-28(24-13-7-6-8-14-24)21-39-33(41)31(25-15-10-17-29(43-4)32(25)36)23(3)38(34(39)42)20-26-22(2)12-9-16-27(26)35;/h2*6-10,12-17,28,37H,5,11,18-21H2,1-4H3;1H/t2*28-;/m00./s1. The van der Waals surface area contributed by atoms with Crippen LogP contribution in [0.15, 0.2) is 153 Å². The zero-order valence-corrected chi connectivity index (χ0v) is 51.9. The highest BCUT2D eigenvalue weighted by Crippen LogP contribution is 2.31. The number of benzene rings is 6. The number of methoxy groups -OCH3 is 2. The van der Waals surface area contributed by atoms with Gasteiger partial charge in [0.2, 0.25) is 0 Å². The highest BCUT2D eigenvalue weighted by Gasteiger charge is 2.27. The molecular weight excluding hydrogens is 1170 g/mol. The molecule has 0 amide bonds. The average Bonchev–Trinajstić information content (AvgIpc) is 0.983. The third kappa shape index (κ3) is 16.9. The van der Waals surface area contributed by atoms with Crippen molar-refractivity contribution in [3.05, 3.63) is 243 Å². The maximum Gasteiger partial charge on any atom is 0.331 e. The molecule has 8 aromatic rings. The first-order valence-electron chi connectivity index (χ1n) is 29.0. The molecule has 0 aliphatic rings. The number of ether oxygens (including phenoxy) is 4. The van der Waals surface area contributed by atoms with Crippen LogP contribution in [-0.2, 0) is 45.2 Å². The van der Waals surface area contributed by atoms with Crippen LogP contribution in [0.2, 0.25) is 0 Å². The van der Waals surface area contributed by atoms with E-state index in [-0.39, 0.29) is 120 Å². The number of esters is 2. The summed E-state index contributed by atoms with van der Waals surface area (Å²) in [5.74, 6) is -3.20. The number of carbonyl (C=O) groups is 2. The Hall–Kier alpha value is -8.85. The van der Waals surface area contributed by atoms with Crippen LogP contribution in [0.5, 0.6) is 11.5 Å². The van der Waals surface area contributed by atoms with Gasteiger partial charge in [-0.05, 0) is 114 Å². The van der Waals surface area contributed by atoms with Crippen LogP contribution < -0.4 is 42.6 Å². The fourth-order valence-corrected chi connectivity index (χ4v) is 10.5. The van der Waals surface area contributed by atoms with Crippen LogP contribution in [0.4, 0.5) is 17.6 Å². The molecule has 0 unspecified atom stereocenters. The highest BCUT2D eigenvalue weighted by atomic mass is 35.5. The average molecular weight is 1250 g/mol. The molecule has 6 aromatic carbocycles. The molecule has 0 spiro atoms. The summed E-state index contributed by atoms with van der Waals surface area (Å²) < 4.78 is 86.3. The predicted molar refractivity (Wildman–Crippen MR) is 337 cm³/mol. The van der Waals surface area contributed by atoms with Gasteiger partial charge in [-0.25, -0.2) is 27.2 Å². The molecule has 2 atom stereocenters. The van der Waals surface area contributed by atoms with E-state index in [1.54, 1.807) is 77.9 Å². The summed E-state index contributed by atoms with van der Waals surface area (Å²) in [7, 11) is 2.65. The summed E-state index contributed by atoms with van der Waals surface area (Å²) in [5, 5.41) is 6.72. The predicted octanol–water partition coefficient (Wildman–Crippen LogP) is 11.0. The van der Waals surface area contributed by atoms with Crippen molar-refractivity contribution in [2.45, 2.75) is 105 Å². The Labute approximate surface area is 520 Å². The number of hydrogen-bond donors (Lipinski definition) is 2. The topological polar surface area (TPSA) is 183 Å². The summed E-state index contributed by atoms with van der Waals surface area (Å²) in [6, 6.07) is 35.7. The monoisotopic (exact) mass is 1250 g/mol. The molecule has 8 rings (SSSR count). The lowest BCUT2D eigenvalue weighted by Crippen LogP contribution is -2.45. The molecule has 2 N–H and O–H groups in total. The summed E-state index contributed by atoms with van der Waals surface area (Å²) >= 11 is 0. The highest BCUT2D eigenvalue weighted by molar-refractivity contribution is 5.85. The smallest absolute Gasteiger partial charge is 0.331 e. The van der Waals surface area contributed by atoms with Crippen molar-refractivity contribution in [3.63, 3.8) is 0 Å². The minimum atomic E-state index is -0.745. The van der Waals surface area contributed by atoms with Crippen molar-refractivity contribution in [1.82, 2.24) is 28.9 Å². The van der Waals surface area contributed by atoms with Crippen molar-refractivity contribution in [2.24, 2.45) is 0 Å². The van der Waals surface area contributed by atoms with Gasteiger partial charge < -0.3 is 29.6 Å². The van der Waals surface area contributed by atoms with Crippen LogP contribution in [0.1, 0.15) is 96.4 Å². The molecule has 472 valence electrons. The first-order valence-corrected chi connectivity index (χ1v) is 29.0. The van der Waals surface area contributed by atoms with Crippen molar-refractivity contribution >= 4 is 24.3 Å². The largest absolute Gasteiger partial charge is 0.494 e. The van der Waals surface area contributed by atoms with E-state index in [9.17, 15) is 37.5 Å². The first kappa shape index (κ1) is 69.3. The molecule has 0 bridgehead atoms. The van der Waals surface area contributed by atoms with E-state index < -0.39 is 57.9 Å². The molecule has 16 nitrogen and oxygen atoms in total. The quantitative estimate of drug-likeness (QED) is 0.0298. The van der Waals surface area contributed by atoms with E-state index in [1.165, 1.54) is 59.8 Å². The van der Waals surface area contributed by atoms with Gasteiger partial charge >= 0.3 is 23.3 Å². The second-order valence-electron chi connectivity index (χ2n) is 20.9. The van der Waals surface area contributed by atoms with Crippen LogP contribution in [0, 0.1) is 51.0 Å². The third-order valence-corrected chi connectivity index (χ3v) is 15.3. The number of hydrogen-bond acceptors (Lipinski definition) is 12. The maximum absolute atomic E-state index is 15.6. The van der Waals surface area contributed by atoms with E-state index >= 15 is 8.78 Å². The van der Waals surface area contributed by atoms with Gasteiger partial charge in [0, 0.05) is 46.5 Å². The van der Waals surface area contributed by atoms with Gasteiger partial charge in [0.25, 0.3) is 11.1 Å². The maximum atomic E-state index is 15.6. The zero-order valence-electron chi connectivity index (χ0n) is 51.1. The van der Waals surface area contributed by atoms with Crippen molar-refractivity contribution in [3.8, 4) is 33.8 Å². The van der Waals surface area contributed by atoms with Gasteiger partial charge in [-0.3, -0.25) is 37.4 Å². The van der Waals surface area contributed by atoms with E-state index in [4.69, 9.17) is 18.9 Å². The molecule has 89 heavy (non-hydrogen) atoms. The number of aromatic nitrogens is 4. The molecular formula is C68H75ClF4N6O10.